The summed E-state index contributed by atoms with van der Waals surface area (Å²) in [5.74, 6) is -0.294. The van der Waals surface area contributed by atoms with Crippen LogP contribution in [-0.2, 0) is 10.0 Å². The molecule has 0 saturated carbocycles. The minimum Gasteiger partial charge on any atom is -0.421 e. The molecule has 0 amide bonds. The number of benzene rings is 1. The number of nitrogens with zero attached hydrogens (tertiary/aromatic N) is 2. The molecule has 0 radical (unpaired) electrons. The van der Waals surface area contributed by atoms with Crippen LogP contribution in [0.15, 0.2) is 33.6 Å². The first-order valence-electron chi connectivity index (χ1n) is 7.84. The smallest absolute Gasteiger partial charge is 0.421 e. The summed E-state index contributed by atoms with van der Waals surface area (Å²) in [6.45, 7) is 4.74. The molecule has 2 N–H and O–H groups in total. The van der Waals surface area contributed by atoms with Gasteiger partial charge in [-0.15, -0.1) is 23.4 Å². The van der Waals surface area contributed by atoms with Crippen molar-refractivity contribution in [2.45, 2.75) is 32.0 Å². The predicted octanol–water partition coefficient (Wildman–Crippen LogP) is 3.69. The van der Waals surface area contributed by atoms with Crippen LogP contribution in [0.25, 0.3) is 11.5 Å². The van der Waals surface area contributed by atoms with Gasteiger partial charge in [0.25, 0.3) is 15.9 Å². The highest BCUT2D eigenvalue weighted by atomic mass is 32.2. The number of sulfonamides is 1. The van der Waals surface area contributed by atoms with Crippen LogP contribution >= 0.6 is 0 Å². The third-order valence-electron chi connectivity index (χ3n) is 3.65. The van der Waals surface area contributed by atoms with Crippen LogP contribution in [0, 0.1) is 20.8 Å². The summed E-state index contributed by atoms with van der Waals surface area (Å²) in [5.41, 5.74) is 0.871. The number of alkyl halides is 3. The van der Waals surface area contributed by atoms with Gasteiger partial charge in [0.2, 0.25) is 5.89 Å². The van der Waals surface area contributed by atoms with Crippen LogP contribution in [0.1, 0.15) is 17.3 Å². The molecule has 0 aliphatic heterocycles. The van der Waals surface area contributed by atoms with Gasteiger partial charge >= 0.3 is 6.36 Å². The van der Waals surface area contributed by atoms with E-state index in [0.717, 1.165) is 12.1 Å². The highest BCUT2D eigenvalue weighted by Gasteiger charge is 2.32. The highest BCUT2D eigenvalue weighted by Crippen LogP contribution is 2.34. The molecule has 3 aromatic rings. The van der Waals surface area contributed by atoms with E-state index in [9.17, 15) is 21.6 Å². The Morgan fingerprint density at radius 3 is 2.46 bits per heavy atom. The third kappa shape index (κ3) is 4.11. The molecule has 3 rings (SSSR count). The van der Waals surface area contributed by atoms with Gasteiger partial charge < -0.3 is 14.1 Å². The quantitative estimate of drug-likeness (QED) is 0.656. The van der Waals surface area contributed by atoms with E-state index in [4.69, 9.17) is 4.42 Å². The second kappa shape index (κ2) is 6.86. The Morgan fingerprint density at radius 1 is 1.14 bits per heavy atom. The van der Waals surface area contributed by atoms with Crippen LogP contribution in [0.2, 0.25) is 0 Å². The van der Waals surface area contributed by atoms with Crippen LogP contribution in [-0.4, -0.2) is 30.0 Å². The van der Waals surface area contributed by atoms with Gasteiger partial charge in [0.15, 0.2) is 0 Å². The second-order valence-electron chi connectivity index (χ2n) is 5.89. The first-order valence-corrected chi connectivity index (χ1v) is 9.33. The van der Waals surface area contributed by atoms with E-state index >= 15 is 0 Å². The number of nitrogens with one attached hydrogen (secondary N) is 2. The maximum absolute atomic E-state index is 12.9. The fraction of sp³-hybridized carbons (Fsp3) is 0.250. The van der Waals surface area contributed by atoms with Crippen molar-refractivity contribution in [3.63, 3.8) is 0 Å². The monoisotopic (exact) mass is 416 g/mol. The van der Waals surface area contributed by atoms with Crippen molar-refractivity contribution in [3.8, 4) is 17.2 Å². The molecular weight excluding hydrogens is 401 g/mol. The lowest BCUT2D eigenvalue weighted by molar-refractivity contribution is -0.274. The molecule has 0 spiro atoms. The first-order chi connectivity index (χ1) is 13.0. The van der Waals surface area contributed by atoms with Gasteiger partial charge in [-0.25, -0.2) is 8.42 Å². The topological polar surface area (TPSA) is 110 Å². The summed E-state index contributed by atoms with van der Waals surface area (Å²) in [6, 6.07) is 4.52. The van der Waals surface area contributed by atoms with Crippen LogP contribution in [0.5, 0.6) is 5.75 Å². The van der Waals surface area contributed by atoms with Crippen molar-refractivity contribution >= 4 is 15.7 Å². The van der Waals surface area contributed by atoms with E-state index < -0.39 is 22.1 Å². The highest BCUT2D eigenvalue weighted by molar-refractivity contribution is 7.93. The Morgan fingerprint density at radius 2 is 1.86 bits per heavy atom. The molecule has 8 nitrogen and oxygen atoms in total. The Hall–Kier alpha value is -3.02. The minimum atomic E-state index is -4.89. The van der Waals surface area contributed by atoms with Gasteiger partial charge in [-0.3, -0.25) is 4.72 Å². The summed E-state index contributed by atoms with van der Waals surface area (Å²) in [6.07, 6.45) is -4.89. The van der Waals surface area contributed by atoms with Gasteiger partial charge in [0.05, 0.1) is 11.3 Å². The molecule has 0 saturated heterocycles. The molecule has 12 heteroatoms. The molecule has 0 aliphatic rings. The summed E-state index contributed by atoms with van der Waals surface area (Å²) in [5, 5.41) is 7.55. The maximum Gasteiger partial charge on any atom is 0.573 e. The van der Waals surface area contributed by atoms with Crippen molar-refractivity contribution in [2.24, 2.45) is 0 Å². The van der Waals surface area contributed by atoms with Gasteiger partial charge in [-0.05, 0) is 26.0 Å². The van der Waals surface area contributed by atoms with E-state index in [1.807, 2.05) is 0 Å². The Balaban J connectivity index is 2.00. The summed E-state index contributed by atoms with van der Waals surface area (Å²) in [7, 11) is -4.20. The summed E-state index contributed by atoms with van der Waals surface area (Å²) < 4.78 is 74.5. The van der Waals surface area contributed by atoms with Gasteiger partial charge in [0.1, 0.15) is 10.6 Å². The molecule has 0 aliphatic carbocycles. The average Bonchev–Trinajstić information content (AvgIpc) is 3.08. The number of halogens is 3. The molecule has 2 aromatic heterocycles. The molecule has 0 fully saturated rings. The number of aromatic amines is 1. The number of ether oxygens (including phenoxy) is 1. The molecule has 0 bridgehead atoms. The Kier molecular flexibility index (Phi) is 4.83. The Bertz CT molecular complexity index is 1120. The fourth-order valence-corrected chi connectivity index (χ4v) is 4.21. The number of aryl methyl sites for hydroxylation is 3. The number of rotatable bonds is 5. The van der Waals surface area contributed by atoms with Crippen molar-refractivity contribution in [3.05, 3.63) is 41.5 Å². The predicted molar refractivity (Wildman–Crippen MR) is 92.2 cm³/mol. The van der Waals surface area contributed by atoms with Crippen LogP contribution in [0.3, 0.4) is 0 Å². The Labute approximate surface area is 157 Å². The lowest BCUT2D eigenvalue weighted by Crippen LogP contribution is -2.18. The molecule has 0 atom stereocenters. The summed E-state index contributed by atoms with van der Waals surface area (Å²) in [4.78, 5) is 2.76. The molecule has 1 aromatic carbocycles. The van der Waals surface area contributed by atoms with Crippen molar-refractivity contribution in [2.75, 3.05) is 4.72 Å². The summed E-state index contributed by atoms with van der Waals surface area (Å²) >= 11 is 0. The van der Waals surface area contributed by atoms with Crippen molar-refractivity contribution in [1.82, 2.24) is 15.2 Å². The number of anilines is 1. The molecular formula is C16H15F3N4O4S. The second-order valence-corrected chi connectivity index (χ2v) is 7.51. The molecule has 0 unspecified atom stereocenters. The largest absolute Gasteiger partial charge is 0.573 e. The van der Waals surface area contributed by atoms with E-state index in [0.29, 0.717) is 11.4 Å². The van der Waals surface area contributed by atoms with Crippen molar-refractivity contribution < 1.29 is 30.7 Å². The fourth-order valence-electron chi connectivity index (χ4n) is 2.71. The molecule has 28 heavy (non-hydrogen) atoms. The number of hydrogen-bond donors (Lipinski definition) is 2. The zero-order chi connectivity index (χ0) is 20.7. The van der Waals surface area contributed by atoms with Gasteiger partial charge in [0, 0.05) is 24.4 Å². The SMILES string of the molecule is Cc1nnc(-c2c(C)[nH]c(C)c2S(=O)(=O)Nc2cccc(OC(F)(F)F)c2)o1. The van der Waals surface area contributed by atoms with E-state index in [1.165, 1.54) is 19.1 Å². The minimum absolute atomic E-state index is 0.00822. The van der Waals surface area contributed by atoms with E-state index in [-0.39, 0.29) is 27.9 Å². The average molecular weight is 416 g/mol. The zero-order valence-electron chi connectivity index (χ0n) is 14.9. The number of hydrogen-bond acceptors (Lipinski definition) is 6. The van der Waals surface area contributed by atoms with E-state index in [1.54, 1.807) is 13.8 Å². The molecule has 150 valence electrons. The number of H-pyrrole nitrogens is 1. The van der Waals surface area contributed by atoms with Crippen LogP contribution < -0.4 is 9.46 Å². The lowest BCUT2D eigenvalue weighted by Gasteiger charge is -2.12. The normalized spacial score (nSPS) is 12.2. The van der Waals surface area contributed by atoms with Gasteiger partial charge in [-0.1, -0.05) is 6.07 Å². The number of aromatic nitrogens is 3. The molecule has 2 heterocycles. The lowest BCUT2D eigenvalue weighted by atomic mass is 10.2. The standard InChI is InChI=1S/C16H15F3N4O4S/c1-8-13(15-22-21-10(3)26-15)14(9(2)20-8)28(24,25)23-11-5-4-6-12(7-11)27-16(17,18)19/h4-7,20,23H,1-3H3. The van der Waals surface area contributed by atoms with Gasteiger partial charge in [-0.2, -0.15) is 0 Å². The third-order valence-corrected chi connectivity index (χ3v) is 5.20. The van der Waals surface area contributed by atoms with E-state index in [2.05, 4.69) is 24.6 Å². The first kappa shape index (κ1) is 19.7. The van der Waals surface area contributed by atoms with Crippen LogP contribution in [0.4, 0.5) is 18.9 Å². The van der Waals surface area contributed by atoms with Crippen molar-refractivity contribution in [1.29, 1.82) is 0 Å². The maximum atomic E-state index is 12.9. The zero-order valence-corrected chi connectivity index (χ0v) is 15.7.